The van der Waals surface area contributed by atoms with Crippen LogP contribution in [0.3, 0.4) is 0 Å². The van der Waals surface area contributed by atoms with E-state index in [2.05, 4.69) is 0 Å². The van der Waals surface area contributed by atoms with Gasteiger partial charge in [0.25, 0.3) is 0 Å². The zero-order chi connectivity index (χ0) is 20.4. The fourth-order valence-corrected chi connectivity index (χ4v) is 3.31. The maximum absolute atomic E-state index is 10.5. The van der Waals surface area contributed by atoms with Crippen molar-refractivity contribution in [2.75, 3.05) is 0 Å². The predicted octanol–water partition coefficient (Wildman–Crippen LogP) is -1.12. The molecule has 0 radical (unpaired) electrons. The van der Waals surface area contributed by atoms with Crippen LogP contribution in [-0.4, -0.2) is 86.9 Å². The van der Waals surface area contributed by atoms with Crippen molar-refractivity contribution in [2.24, 2.45) is 0 Å². The van der Waals surface area contributed by atoms with Gasteiger partial charge in [0.1, 0.15) is 36.6 Å². The first-order valence-corrected chi connectivity index (χ1v) is 9.32. The van der Waals surface area contributed by atoms with Crippen LogP contribution in [0, 0.1) is 0 Å². The first kappa shape index (κ1) is 21.6. The second-order valence-electron chi connectivity index (χ2n) is 7.27. The number of hydrogen-bond acceptors (Lipinski definition) is 9. The van der Waals surface area contributed by atoms with Crippen molar-refractivity contribution in [3.63, 3.8) is 0 Å². The van der Waals surface area contributed by atoms with Crippen molar-refractivity contribution in [2.45, 2.75) is 81.9 Å². The highest BCUT2D eigenvalue weighted by atomic mass is 16.8. The quantitative estimate of drug-likeness (QED) is 0.416. The summed E-state index contributed by atoms with van der Waals surface area (Å²) in [6.07, 6.45) is -12.0. The second-order valence-corrected chi connectivity index (χ2v) is 7.27. The number of rotatable bonds is 5. The minimum Gasteiger partial charge on any atom is -0.388 e. The topological polar surface area (TPSA) is 138 Å². The maximum Gasteiger partial charge on any atom is 0.187 e. The van der Waals surface area contributed by atoms with Crippen molar-refractivity contribution in [3.8, 4) is 0 Å². The summed E-state index contributed by atoms with van der Waals surface area (Å²) < 4.78 is 22.5. The minimum absolute atomic E-state index is 0.173. The van der Waals surface area contributed by atoms with Crippen molar-refractivity contribution in [1.29, 1.82) is 0 Å². The van der Waals surface area contributed by atoms with E-state index in [0.29, 0.717) is 0 Å². The summed E-state index contributed by atoms with van der Waals surface area (Å²) in [4.78, 5) is 0. The molecule has 9 nitrogen and oxygen atoms in total. The van der Waals surface area contributed by atoms with Crippen LogP contribution in [0.2, 0.25) is 0 Å². The molecule has 0 aromatic heterocycles. The molecule has 1 aromatic carbocycles. The summed E-state index contributed by atoms with van der Waals surface area (Å²) >= 11 is 0. The molecule has 0 amide bonds. The van der Waals surface area contributed by atoms with Gasteiger partial charge in [0.05, 0.1) is 18.8 Å². The Bertz CT molecular complexity index is 615. The zero-order valence-electron chi connectivity index (χ0n) is 15.7. The molecule has 9 heteroatoms. The van der Waals surface area contributed by atoms with Gasteiger partial charge >= 0.3 is 0 Å². The van der Waals surface area contributed by atoms with Crippen LogP contribution in [-0.2, 0) is 25.6 Å². The van der Waals surface area contributed by atoms with Gasteiger partial charge in [-0.15, -0.1) is 0 Å². The lowest BCUT2D eigenvalue weighted by Gasteiger charge is -2.45. The van der Waals surface area contributed by atoms with Gasteiger partial charge in [-0.2, -0.15) is 0 Å². The standard InChI is InChI=1S/C19H28O9/c1-9-12(20)14(22)16(24)18(26-9)28-17-15(23)13(21)10(2)27-19(17)25-8-11-6-4-3-5-7-11/h3-7,9-10,12-24H,8H2,1-2H3/t9-,10+,12-,13-,14-,15+,16-,17-,18-,19+/m0/s1. The Morgan fingerprint density at radius 3 is 1.96 bits per heavy atom. The molecule has 2 heterocycles. The van der Waals surface area contributed by atoms with E-state index < -0.39 is 61.4 Å². The molecule has 2 aliphatic rings. The normalized spacial score (nSPS) is 44.4. The number of ether oxygens (including phenoxy) is 4. The SMILES string of the molecule is C[C@@H]1O[C@@H](O[C@@H]2[C@H](OCc3ccccc3)O[C@H](C)[C@H](O)[C@H]2O)[C@@H](O)[C@@H](O)[C@H]1O. The molecule has 3 rings (SSSR count). The largest absolute Gasteiger partial charge is 0.388 e. The molecule has 0 unspecified atom stereocenters. The summed E-state index contributed by atoms with van der Waals surface area (Å²) in [5.74, 6) is 0. The van der Waals surface area contributed by atoms with Gasteiger partial charge in [0.2, 0.25) is 0 Å². The van der Waals surface area contributed by atoms with Crippen LogP contribution in [0.25, 0.3) is 0 Å². The first-order chi connectivity index (χ1) is 13.3. The zero-order valence-corrected chi connectivity index (χ0v) is 15.7. The van der Waals surface area contributed by atoms with E-state index in [4.69, 9.17) is 18.9 Å². The molecule has 0 bridgehead atoms. The molecule has 10 atom stereocenters. The molecule has 0 spiro atoms. The molecule has 2 saturated heterocycles. The van der Waals surface area contributed by atoms with Gasteiger partial charge in [-0.1, -0.05) is 30.3 Å². The Hall–Kier alpha value is -1.14. The third-order valence-electron chi connectivity index (χ3n) is 5.14. The third kappa shape index (κ3) is 4.54. The van der Waals surface area contributed by atoms with Crippen LogP contribution in [0.4, 0.5) is 0 Å². The number of benzene rings is 1. The highest BCUT2D eigenvalue weighted by molar-refractivity contribution is 5.13. The summed E-state index contributed by atoms with van der Waals surface area (Å²) in [5, 5.41) is 50.6. The summed E-state index contributed by atoms with van der Waals surface area (Å²) in [6, 6.07) is 9.31. The summed E-state index contributed by atoms with van der Waals surface area (Å²) in [5.41, 5.74) is 0.874. The average Bonchev–Trinajstić information content (AvgIpc) is 2.70. The van der Waals surface area contributed by atoms with Crippen LogP contribution >= 0.6 is 0 Å². The minimum atomic E-state index is -1.55. The highest BCUT2D eigenvalue weighted by Gasteiger charge is 2.49. The molecule has 2 fully saturated rings. The number of hydrogen-bond donors (Lipinski definition) is 5. The molecule has 158 valence electrons. The fraction of sp³-hybridized carbons (Fsp3) is 0.684. The number of aliphatic hydroxyl groups excluding tert-OH is 5. The van der Waals surface area contributed by atoms with E-state index >= 15 is 0 Å². The van der Waals surface area contributed by atoms with E-state index in [0.717, 1.165) is 5.56 Å². The average molecular weight is 400 g/mol. The molecule has 28 heavy (non-hydrogen) atoms. The Morgan fingerprint density at radius 2 is 1.32 bits per heavy atom. The van der Waals surface area contributed by atoms with Crippen molar-refractivity contribution in [1.82, 2.24) is 0 Å². The first-order valence-electron chi connectivity index (χ1n) is 9.32. The molecule has 2 aliphatic heterocycles. The van der Waals surface area contributed by atoms with Gasteiger partial charge in [0.15, 0.2) is 12.6 Å². The van der Waals surface area contributed by atoms with E-state index in [9.17, 15) is 25.5 Å². The van der Waals surface area contributed by atoms with E-state index in [1.54, 1.807) is 6.92 Å². The third-order valence-corrected chi connectivity index (χ3v) is 5.14. The smallest absolute Gasteiger partial charge is 0.187 e. The van der Waals surface area contributed by atoms with E-state index in [1.165, 1.54) is 6.92 Å². The van der Waals surface area contributed by atoms with Gasteiger partial charge in [0, 0.05) is 0 Å². The predicted molar refractivity (Wildman–Crippen MR) is 94.8 cm³/mol. The van der Waals surface area contributed by atoms with E-state index in [1.807, 2.05) is 30.3 Å². The lowest BCUT2D eigenvalue weighted by Crippen LogP contribution is -2.63. The Morgan fingerprint density at radius 1 is 0.750 bits per heavy atom. The molecule has 0 aliphatic carbocycles. The summed E-state index contributed by atoms with van der Waals surface area (Å²) in [7, 11) is 0. The molecular weight excluding hydrogens is 372 g/mol. The molecular formula is C19H28O9. The summed E-state index contributed by atoms with van der Waals surface area (Å²) in [6.45, 7) is 3.29. The maximum atomic E-state index is 10.5. The van der Waals surface area contributed by atoms with Crippen molar-refractivity contribution < 1.29 is 44.5 Å². The van der Waals surface area contributed by atoms with Crippen molar-refractivity contribution in [3.05, 3.63) is 35.9 Å². The van der Waals surface area contributed by atoms with Crippen molar-refractivity contribution >= 4 is 0 Å². The van der Waals surface area contributed by atoms with Crippen LogP contribution in [0.5, 0.6) is 0 Å². The number of aliphatic hydroxyl groups is 5. The van der Waals surface area contributed by atoms with Crippen LogP contribution in [0.15, 0.2) is 30.3 Å². The molecule has 5 N–H and O–H groups in total. The van der Waals surface area contributed by atoms with Gasteiger partial charge in [-0.3, -0.25) is 0 Å². The van der Waals surface area contributed by atoms with Gasteiger partial charge in [-0.25, -0.2) is 0 Å². The monoisotopic (exact) mass is 400 g/mol. The Balaban J connectivity index is 1.72. The Kier molecular flexibility index (Phi) is 7.02. The fourth-order valence-electron chi connectivity index (χ4n) is 3.31. The lowest BCUT2D eigenvalue weighted by molar-refractivity contribution is -0.363. The molecule has 1 aromatic rings. The van der Waals surface area contributed by atoms with Gasteiger partial charge in [-0.05, 0) is 19.4 Å². The van der Waals surface area contributed by atoms with Crippen LogP contribution in [0.1, 0.15) is 19.4 Å². The van der Waals surface area contributed by atoms with Crippen LogP contribution < -0.4 is 0 Å². The second kappa shape index (κ2) is 9.12. The molecule has 0 saturated carbocycles. The van der Waals surface area contributed by atoms with E-state index in [-0.39, 0.29) is 6.61 Å². The highest BCUT2D eigenvalue weighted by Crippen LogP contribution is 2.29. The van der Waals surface area contributed by atoms with Gasteiger partial charge < -0.3 is 44.5 Å². The Labute approximate surface area is 163 Å². The lowest BCUT2D eigenvalue weighted by atomic mass is 9.98.